The third kappa shape index (κ3) is 3.41. The average molecular weight is 364 g/mol. The van der Waals surface area contributed by atoms with Gasteiger partial charge < -0.3 is 5.11 Å². The highest BCUT2D eigenvalue weighted by atomic mass is 16.3. The molecule has 0 amide bonds. The lowest BCUT2D eigenvalue weighted by Crippen LogP contribution is -2.77. The van der Waals surface area contributed by atoms with Crippen LogP contribution < -0.4 is 0 Å². The van der Waals surface area contributed by atoms with Crippen LogP contribution in [0.25, 0.3) is 0 Å². The zero-order chi connectivity index (χ0) is 18.3. The number of rotatable bonds is 4. The monoisotopic (exact) mass is 364 g/mol. The van der Waals surface area contributed by atoms with Crippen molar-refractivity contribution in [2.45, 2.75) is 37.2 Å². The number of pyridine rings is 1. The summed E-state index contributed by atoms with van der Waals surface area (Å²) < 4.78 is 0. The van der Waals surface area contributed by atoms with Gasteiger partial charge in [0.15, 0.2) is 0 Å². The minimum Gasteiger partial charge on any atom is -0.392 e. The van der Waals surface area contributed by atoms with Crippen molar-refractivity contribution in [1.82, 2.24) is 19.7 Å². The van der Waals surface area contributed by atoms with E-state index in [2.05, 4.69) is 56.1 Å². The molecule has 3 aliphatic heterocycles. The van der Waals surface area contributed by atoms with Gasteiger partial charge in [0, 0.05) is 64.2 Å². The molecule has 0 aliphatic carbocycles. The van der Waals surface area contributed by atoms with Gasteiger partial charge in [0.1, 0.15) is 0 Å². The number of benzene rings is 1. The van der Waals surface area contributed by atoms with Gasteiger partial charge in [-0.3, -0.25) is 19.7 Å². The normalized spacial score (nSPS) is 28.2. The third-order valence-corrected chi connectivity index (χ3v) is 6.40. The van der Waals surface area contributed by atoms with Gasteiger partial charge in [-0.25, -0.2) is 0 Å². The Morgan fingerprint density at radius 3 is 2.44 bits per heavy atom. The summed E-state index contributed by atoms with van der Waals surface area (Å²) in [7, 11) is 0. The molecule has 1 spiro atoms. The van der Waals surface area contributed by atoms with Gasteiger partial charge in [-0.2, -0.15) is 0 Å². The Morgan fingerprint density at radius 1 is 0.926 bits per heavy atom. The van der Waals surface area contributed by atoms with Gasteiger partial charge in [0.2, 0.25) is 0 Å². The number of aliphatic hydroxyl groups is 1. The van der Waals surface area contributed by atoms with Crippen LogP contribution in [0.2, 0.25) is 0 Å². The molecule has 3 saturated heterocycles. The molecule has 2 aromatic rings. The largest absolute Gasteiger partial charge is 0.392 e. The summed E-state index contributed by atoms with van der Waals surface area (Å²) >= 11 is 0. The topological polar surface area (TPSA) is 42.8 Å². The van der Waals surface area contributed by atoms with E-state index in [1.165, 1.54) is 11.1 Å². The molecule has 4 heterocycles. The number of fused-ring (bicyclic) bond motifs is 2. The second-order valence-corrected chi connectivity index (χ2v) is 8.58. The van der Waals surface area contributed by atoms with Crippen molar-refractivity contribution in [3.8, 4) is 0 Å². The minimum absolute atomic E-state index is 0.173. The van der Waals surface area contributed by atoms with E-state index < -0.39 is 0 Å². The molecule has 0 bridgehead atoms. The Labute approximate surface area is 161 Å². The number of aromatic nitrogens is 1. The molecular weight excluding hydrogens is 336 g/mol. The fourth-order valence-electron chi connectivity index (χ4n) is 5.41. The van der Waals surface area contributed by atoms with E-state index in [9.17, 15) is 5.11 Å². The second kappa shape index (κ2) is 6.99. The molecule has 3 fully saturated rings. The molecule has 5 rings (SSSR count). The van der Waals surface area contributed by atoms with E-state index >= 15 is 0 Å². The summed E-state index contributed by atoms with van der Waals surface area (Å²) in [6.07, 6.45) is 4.55. The number of β-amino-alcohol motifs (C(OH)–C–C–N with tert-alkyl or cyclic N) is 1. The number of piperazine rings is 1. The summed E-state index contributed by atoms with van der Waals surface area (Å²) in [6, 6.07) is 15.4. The Hall–Kier alpha value is -1.79. The summed E-state index contributed by atoms with van der Waals surface area (Å²) in [5, 5.41) is 10.3. The molecule has 5 nitrogen and oxygen atoms in total. The molecule has 142 valence electrons. The van der Waals surface area contributed by atoms with Gasteiger partial charge in [0.05, 0.1) is 11.6 Å². The Morgan fingerprint density at radius 2 is 1.67 bits per heavy atom. The predicted molar refractivity (Wildman–Crippen MR) is 105 cm³/mol. The van der Waals surface area contributed by atoms with Gasteiger partial charge in [0.25, 0.3) is 0 Å². The summed E-state index contributed by atoms with van der Waals surface area (Å²) in [5.74, 6) is 0. The summed E-state index contributed by atoms with van der Waals surface area (Å²) in [6.45, 7) is 7.12. The fourth-order valence-corrected chi connectivity index (χ4v) is 5.41. The molecular formula is C22H28N4O. The molecule has 1 aromatic carbocycles. The Balaban J connectivity index is 1.30. The van der Waals surface area contributed by atoms with Crippen molar-refractivity contribution >= 4 is 0 Å². The van der Waals surface area contributed by atoms with Crippen LogP contribution >= 0.6 is 0 Å². The smallest absolute Gasteiger partial charge is 0.0682 e. The first-order valence-electron chi connectivity index (χ1n) is 10.0. The van der Waals surface area contributed by atoms with Crippen LogP contribution in [0.5, 0.6) is 0 Å². The molecule has 0 radical (unpaired) electrons. The minimum atomic E-state index is -0.173. The SMILES string of the molecule is O[C@@H]1C[C@@H]2CN(Cc3cccnc3)CC3(CN(Cc4ccccc4)C3)N2C1. The Kier molecular flexibility index (Phi) is 4.48. The van der Waals surface area contributed by atoms with Gasteiger partial charge >= 0.3 is 0 Å². The van der Waals surface area contributed by atoms with Crippen LogP contribution in [0.4, 0.5) is 0 Å². The van der Waals surface area contributed by atoms with E-state index in [1.807, 2.05) is 18.5 Å². The van der Waals surface area contributed by atoms with E-state index in [-0.39, 0.29) is 11.6 Å². The van der Waals surface area contributed by atoms with Gasteiger partial charge in [-0.15, -0.1) is 0 Å². The maximum atomic E-state index is 10.3. The van der Waals surface area contributed by atoms with E-state index in [0.717, 1.165) is 52.2 Å². The molecule has 1 N–H and O–H groups in total. The second-order valence-electron chi connectivity index (χ2n) is 8.58. The van der Waals surface area contributed by atoms with E-state index in [0.29, 0.717) is 6.04 Å². The molecule has 2 atom stereocenters. The number of aliphatic hydroxyl groups excluding tert-OH is 1. The van der Waals surface area contributed by atoms with Crippen LogP contribution in [0.3, 0.4) is 0 Å². The zero-order valence-corrected chi connectivity index (χ0v) is 15.7. The van der Waals surface area contributed by atoms with Crippen LogP contribution in [0.1, 0.15) is 17.5 Å². The maximum Gasteiger partial charge on any atom is 0.0682 e. The lowest BCUT2D eigenvalue weighted by Gasteiger charge is -2.61. The summed E-state index contributed by atoms with van der Waals surface area (Å²) in [4.78, 5) is 12.0. The van der Waals surface area contributed by atoms with Crippen molar-refractivity contribution in [3.63, 3.8) is 0 Å². The van der Waals surface area contributed by atoms with E-state index in [1.54, 1.807) is 0 Å². The highest BCUT2D eigenvalue weighted by Gasteiger charge is 2.55. The number of likely N-dealkylation sites (tertiary alicyclic amines) is 1. The quantitative estimate of drug-likeness (QED) is 0.892. The number of hydrogen-bond donors (Lipinski definition) is 1. The van der Waals surface area contributed by atoms with Crippen LogP contribution in [-0.2, 0) is 13.1 Å². The first kappa shape index (κ1) is 17.3. The van der Waals surface area contributed by atoms with Crippen molar-refractivity contribution in [2.24, 2.45) is 0 Å². The molecule has 3 aliphatic rings. The lowest BCUT2D eigenvalue weighted by atomic mass is 9.83. The molecule has 1 aromatic heterocycles. The van der Waals surface area contributed by atoms with Gasteiger partial charge in [-0.05, 0) is 23.6 Å². The highest BCUT2D eigenvalue weighted by Crippen LogP contribution is 2.39. The first-order chi connectivity index (χ1) is 13.2. The standard InChI is InChI=1S/C22H28N4O/c27-21-9-20-13-24(12-19-7-4-8-23-10-19)15-22(26(20)14-21)16-25(17-22)11-18-5-2-1-3-6-18/h1-8,10,20-21,27H,9,11-17H2/t20-,21-/m1/s1. The van der Waals surface area contributed by atoms with Crippen LogP contribution in [0, 0.1) is 0 Å². The van der Waals surface area contributed by atoms with Crippen LogP contribution in [0.15, 0.2) is 54.9 Å². The van der Waals surface area contributed by atoms with Gasteiger partial charge in [-0.1, -0.05) is 36.4 Å². The van der Waals surface area contributed by atoms with E-state index in [4.69, 9.17) is 0 Å². The average Bonchev–Trinajstić information content (AvgIpc) is 3.03. The number of hydrogen-bond acceptors (Lipinski definition) is 5. The predicted octanol–water partition coefficient (Wildman–Crippen LogP) is 1.59. The molecule has 0 saturated carbocycles. The molecule has 0 unspecified atom stereocenters. The first-order valence-corrected chi connectivity index (χ1v) is 10.0. The van der Waals surface area contributed by atoms with Crippen molar-refractivity contribution in [1.29, 1.82) is 0 Å². The van der Waals surface area contributed by atoms with Crippen molar-refractivity contribution in [3.05, 3.63) is 66.0 Å². The Bertz CT molecular complexity index is 762. The number of nitrogens with zero attached hydrogens (tertiary/aromatic N) is 4. The maximum absolute atomic E-state index is 10.3. The zero-order valence-electron chi connectivity index (χ0n) is 15.7. The highest BCUT2D eigenvalue weighted by molar-refractivity contribution is 5.19. The molecule has 27 heavy (non-hydrogen) atoms. The molecule has 5 heteroatoms. The lowest BCUT2D eigenvalue weighted by molar-refractivity contribution is -0.118. The van der Waals surface area contributed by atoms with Crippen LogP contribution in [-0.4, -0.2) is 75.2 Å². The fraction of sp³-hybridized carbons (Fsp3) is 0.500. The van der Waals surface area contributed by atoms with Crippen molar-refractivity contribution < 1.29 is 5.11 Å². The summed E-state index contributed by atoms with van der Waals surface area (Å²) in [5.41, 5.74) is 2.85. The third-order valence-electron chi connectivity index (χ3n) is 6.40. The van der Waals surface area contributed by atoms with Crippen molar-refractivity contribution in [2.75, 3.05) is 32.7 Å².